The molecule has 0 radical (unpaired) electrons. The molecule has 0 aliphatic carbocycles. The lowest BCUT2D eigenvalue weighted by Gasteiger charge is -1.96. The number of rotatable bonds is 5. The first kappa shape index (κ1) is 13.6. The van der Waals surface area contributed by atoms with Crippen molar-refractivity contribution in [1.82, 2.24) is 0 Å². The molecule has 6 nitrogen and oxygen atoms in total. The number of ketones is 1. The molecule has 0 spiro atoms. The highest BCUT2D eigenvalue weighted by Crippen LogP contribution is 2.12. The maximum absolute atomic E-state index is 11.6. The fourth-order valence-corrected chi connectivity index (χ4v) is 1.18. The highest BCUT2D eigenvalue weighted by atomic mass is 16.6. The van der Waals surface area contributed by atoms with E-state index in [0.717, 1.165) is 12.2 Å². The molecule has 1 aromatic rings. The second-order valence-corrected chi connectivity index (χ2v) is 3.25. The van der Waals surface area contributed by atoms with Crippen LogP contribution in [0.25, 0.3) is 0 Å². The fourth-order valence-electron chi connectivity index (χ4n) is 1.18. The molecule has 0 unspecified atom stereocenters. The largest absolute Gasteiger partial charge is 0.463 e. The van der Waals surface area contributed by atoms with Gasteiger partial charge >= 0.3 is 5.97 Å². The van der Waals surface area contributed by atoms with E-state index in [-0.39, 0.29) is 17.9 Å². The van der Waals surface area contributed by atoms with Gasteiger partial charge in [-0.15, -0.1) is 0 Å². The van der Waals surface area contributed by atoms with Crippen LogP contribution >= 0.6 is 0 Å². The van der Waals surface area contributed by atoms with Gasteiger partial charge in [-0.3, -0.25) is 14.9 Å². The minimum Gasteiger partial charge on any atom is -0.463 e. The van der Waals surface area contributed by atoms with E-state index in [1.165, 1.54) is 24.3 Å². The lowest BCUT2D eigenvalue weighted by Crippen LogP contribution is -2.01. The number of benzene rings is 1. The zero-order chi connectivity index (χ0) is 13.5. The molecule has 0 N–H and O–H groups in total. The van der Waals surface area contributed by atoms with Crippen LogP contribution in [-0.2, 0) is 9.53 Å². The Morgan fingerprint density at radius 3 is 2.39 bits per heavy atom. The summed E-state index contributed by atoms with van der Waals surface area (Å²) in [5.41, 5.74) is 0.169. The van der Waals surface area contributed by atoms with Gasteiger partial charge < -0.3 is 4.74 Å². The first-order chi connectivity index (χ1) is 8.54. The van der Waals surface area contributed by atoms with Crippen LogP contribution in [0.5, 0.6) is 0 Å². The Bertz CT molecular complexity index is 490. The zero-order valence-electron chi connectivity index (χ0n) is 9.66. The maximum atomic E-state index is 11.6. The molecule has 94 valence electrons. The number of esters is 1. The van der Waals surface area contributed by atoms with Gasteiger partial charge in [-0.1, -0.05) is 0 Å². The molecule has 18 heavy (non-hydrogen) atoms. The molecule has 0 aromatic heterocycles. The number of nitro groups is 1. The van der Waals surface area contributed by atoms with E-state index < -0.39 is 16.7 Å². The van der Waals surface area contributed by atoms with Crippen molar-refractivity contribution in [1.29, 1.82) is 0 Å². The molecule has 0 atom stereocenters. The van der Waals surface area contributed by atoms with Crippen molar-refractivity contribution in [3.63, 3.8) is 0 Å². The molecular weight excluding hydrogens is 238 g/mol. The highest BCUT2D eigenvalue weighted by Gasteiger charge is 2.07. The van der Waals surface area contributed by atoms with Crippen LogP contribution in [-0.4, -0.2) is 23.3 Å². The number of allylic oxidation sites excluding steroid dienone is 1. The lowest BCUT2D eigenvalue weighted by atomic mass is 10.1. The first-order valence-electron chi connectivity index (χ1n) is 5.18. The van der Waals surface area contributed by atoms with Crippen LogP contribution in [0.2, 0.25) is 0 Å². The third-order valence-corrected chi connectivity index (χ3v) is 2.02. The van der Waals surface area contributed by atoms with E-state index in [9.17, 15) is 19.7 Å². The normalized spacial score (nSPS) is 10.3. The molecule has 6 heteroatoms. The van der Waals surface area contributed by atoms with Crippen molar-refractivity contribution in [2.45, 2.75) is 6.92 Å². The molecule has 0 heterocycles. The van der Waals surface area contributed by atoms with E-state index in [0.29, 0.717) is 0 Å². The predicted octanol–water partition coefficient (Wildman–Crippen LogP) is 1.90. The molecular formula is C12H11NO5. The number of hydrogen-bond acceptors (Lipinski definition) is 5. The summed E-state index contributed by atoms with van der Waals surface area (Å²) in [7, 11) is 0. The van der Waals surface area contributed by atoms with E-state index in [2.05, 4.69) is 4.74 Å². The lowest BCUT2D eigenvalue weighted by molar-refractivity contribution is -0.384. The van der Waals surface area contributed by atoms with Gasteiger partial charge in [-0.05, 0) is 25.1 Å². The number of hydrogen-bond donors (Lipinski definition) is 0. The van der Waals surface area contributed by atoms with E-state index in [4.69, 9.17) is 0 Å². The van der Waals surface area contributed by atoms with Gasteiger partial charge in [0.25, 0.3) is 5.69 Å². The first-order valence-corrected chi connectivity index (χ1v) is 5.18. The quantitative estimate of drug-likeness (QED) is 0.261. The molecule has 0 saturated carbocycles. The summed E-state index contributed by atoms with van der Waals surface area (Å²) in [6, 6.07) is 5.11. The Morgan fingerprint density at radius 1 is 1.28 bits per heavy atom. The summed E-state index contributed by atoms with van der Waals surface area (Å²) in [5.74, 6) is -1.02. The maximum Gasteiger partial charge on any atom is 0.330 e. The van der Waals surface area contributed by atoms with Crippen molar-refractivity contribution < 1.29 is 19.2 Å². The number of nitrogens with zero attached hydrogens (tertiary/aromatic N) is 1. The molecule has 0 aliphatic heterocycles. The zero-order valence-corrected chi connectivity index (χ0v) is 9.66. The molecule has 1 rings (SSSR count). The molecule has 0 saturated heterocycles. The minimum atomic E-state index is -0.604. The van der Waals surface area contributed by atoms with Crippen LogP contribution < -0.4 is 0 Å². The van der Waals surface area contributed by atoms with Gasteiger partial charge in [0, 0.05) is 23.8 Å². The molecule has 0 bridgehead atoms. The second kappa shape index (κ2) is 6.29. The smallest absolute Gasteiger partial charge is 0.330 e. The van der Waals surface area contributed by atoms with Gasteiger partial charge in [0.15, 0.2) is 5.78 Å². The van der Waals surface area contributed by atoms with Crippen molar-refractivity contribution in [3.05, 3.63) is 52.1 Å². The summed E-state index contributed by atoms with van der Waals surface area (Å²) in [4.78, 5) is 32.4. The summed E-state index contributed by atoms with van der Waals surface area (Å²) >= 11 is 0. The fraction of sp³-hybridized carbons (Fsp3) is 0.167. The average Bonchev–Trinajstić information content (AvgIpc) is 2.36. The summed E-state index contributed by atoms with van der Waals surface area (Å²) in [6.07, 6.45) is 2.09. The average molecular weight is 249 g/mol. The SMILES string of the molecule is CCOC(=O)C=CC(=O)c1ccc([N+](=O)[O-])cc1. The van der Waals surface area contributed by atoms with Crippen LogP contribution in [0, 0.1) is 10.1 Å². The molecule has 0 amide bonds. The number of non-ortho nitro benzene ring substituents is 1. The van der Waals surface area contributed by atoms with E-state index in [1.807, 2.05) is 0 Å². The monoisotopic (exact) mass is 249 g/mol. The Hall–Kier alpha value is -2.50. The Morgan fingerprint density at radius 2 is 1.89 bits per heavy atom. The Labute approximate surface area is 103 Å². The summed E-state index contributed by atoms with van der Waals surface area (Å²) in [6.45, 7) is 1.89. The molecule has 1 aromatic carbocycles. The van der Waals surface area contributed by atoms with Crippen molar-refractivity contribution in [2.75, 3.05) is 6.61 Å². The second-order valence-electron chi connectivity index (χ2n) is 3.25. The van der Waals surface area contributed by atoms with Gasteiger partial charge in [0.1, 0.15) is 0 Å². The molecule has 0 fully saturated rings. The number of carbonyl (C=O) groups is 2. The van der Waals surface area contributed by atoms with Gasteiger partial charge in [0.05, 0.1) is 11.5 Å². The topological polar surface area (TPSA) is 86.5 Å². The number of nitro benzene ring substituents is 1. The Kier molecular flexibility index (Phi) is 4.74. The number of carbonyl (C=O) groups excluding carboxylic acids is 2. The van der Waals surface area contributed by atoms with Crippen molar-refractivity contribution >= 4 is 17.4 Å². The van der Waals surface area contributed by atoms with Crippen molar-refractivity contribution in [3.8, 4) is 0 Å². The summed E-state index contributed by atoms with van der Waals surface area (Å²) < 4.78 is 4.61. The standard InChI is InChI=1S/C12H11NO5/c1-2-18-12(15)8-7-11(14)9-3-5-10(6-4-9)13(16)17/h3-8H,2H2,1H3. The number of ether oxygens (including phenoxy) is 1. The van der Waals surface area contributed by atoms with Gasteiger partial charge in [-0.2, -0.15) is 0 Å². The van der Waals surface area contributed by atoms with Crippen LogP contribution in [0.1, 0.15) is 17.3 Å². The third-order valence-electron chi connectivity index (χ3n) is 2.02. The third kappa shape index (κ3) is 3.82. The van der Waals surface area contributed by atoms with E-state index in [1.54, 1.807) is 6.92 Å². The van der Waals surface area contributed by atoms with Crippen molar-refractivity contribution in [2.24, 2.45) is 0 Å². The Balaban J connectivity index is 2.73. The minimum absolute atomic E-state index is 0.0964. The van der Waals surface area contributed by atoms with Crippen LogP contribution in [0.3, 0.4) is 0 Å². The van der Waals surface area contributed by atoms with Gasteiger partial charge in [-0.25, -0.2) is 4.79 Å². The van der Waals surface area contributed by atoms with Gasteiger partial charge in [0.2, 0.25) is 0 Å². The van der Waals surface area contributed by atoms with Crippen LogP contribution in [0.4, 0.5) is 5.69 Å². The van der Waals surface area contributed by atoms with Crippen LogP contribution in [0.15, 0.2) is 36.4 Å². The summed E-state index contributed by atoms with van der Waals surface area (Å²) in [5, 5.41) is 10.4. The predicted molar refractivity (Wildman–Crippen MR) is 63.2 cm³/mol. The highest BCUT2D eigenvalue weighted by molar-refractivity contribution is 6.07. The van der Waals surface area contributed by atoms with E-state index >= 15 is 0 Å². The molecule has 0 aliphatic rings.